The Bertz CT molecular complexity index is 405. The predicted octanol–water partition coefficient (Wildman–Crippen LogP) is 3.61. The number of hydrogen-bond acceptors (Lipinski definition) is 3. The second-order valence-electron chi connectivity index (χ2n) is 5.43. The highest BCUT2D eigenvalue weighted by Gasteiger charge is 2.24. The van der Waals surface area contributed by atoms with Crippen LogP contribution in [0.15, 0.2) is 11.4 Å². The lowest BCUT2D eigenvalue weighted by Gasteiger charge is -2.33. The molecule has 1 aromatic heterocycles. The van der Waals surface area contributed by atoms with Gasteiger partial charge in [-0.15, -0.1) is 11.3 Å². The maximum Gasteiger partial charge on any atom is 0.210 e. The average molecular weight is 296 g/mol. The van der Waals surface area contributed by atoms with Gasteiger partial charge < -0.3 is 10.2 Å². The van der Waals surface area contributed by atoms with E-state index in [1.807, 2.05) is 11.9 Å². The monoisotopic (exact) mass is 296 g/mol. The molecule has 0 aliphatic carbocycles. The number of carbonyl (C=O) groups is 1. The van der Waals surface area contributed by atoms with Gasteiger partial charge in [0.05, 0.1) is 6.04 Å². The van der Waals surface area contributed by atoms with Crippen LogP contribution in [0.4, 0.5) is 0 Å². The lowest BCUT2D eigenvalue weighted by molar-refractivity contribution is -0.122. The molecule has 20 heavy (non-hydrogen) atoms. The van der Waals surface area contributed by atoms with Crippen molar-refractivity contribution in [3.05, 3.63) is 21.9 Å². The second-order valence-corrected chi connectivity index (χ2v) is 6.43. The zero-order valence-electron chi connectivity index (χ0n) is 13.3. The SMILES string of the molecule is CCC(C)N(C=O)C(CC)c1ccsc1C[C@@H](C)NC. The Kier molecular flexibility index (Phi) is 7.24. The topological polar surface area (TPSA) is 32.3 Å². The third-order valence-corrected chi connectivity index (χ3v) is 5.05. The molecule has 1 rings (SSSR count). The van der Waals surface area contributed by atoms with Crippen molar-refractivity contribution in [3.63, 3.8) is 0 Å². The van der Waals surface area contributed by atoms with Crippen molar-refractivity contribution in [3.8, 4) is 0 Å². The van der Waals surface area contributed by atoms with E-state index < -0.39 is 0 Å². The molecule has 0 radical (unpaired) electrons. The molecule has 1 amide bonds. The molecule has 0 fully saturated rings. The lowest BCUT2D eigenvalue weighted by atomic mass is 9.99. The molecular weight excluding hydrogens is 268 g/mol. The average Bonchev–Trinajstić information content (AvgIpc) is 2.91. The molecule has 3 atom stereocenters. The van der Waals surface area contributed by atoms with Crippen molar-refractivity contribution < 1.29 is 4.79 Å². The van der Waals surface area contributed by atoms with E-state index >= 15 is 0 Å². The number of nitrogens with zero attached hydrogens (tertiary/aromatic N) is 1. The molecule has 2 unspecified atom stereocenters. The lowest BCUT2D eigenvalue weighted by Crippen LogP contribution is -2.35. The summed E-state index contributed by atoms with van der Waals surface area (Å²) >= 11 is 1.80. The van der Waals surface area contributed by atoms with Gasteiger partial charge in [-0.2, -0.15) is 0 Å². The first-order valence-corrected chi connectivity index (χ1v) is 8.43. The zero-order chi connectivity index (χ0) is 15.1. The largest absolute Gasteiger partial charge is 0.335 e. The molecule has 0 bridgehead atoms. The first-order valence-electron chi connectivity index (χ1n) is 7.55. The smallest absolute Gasteiger partial charge is 0.210 e. The van der Waals surface area contributed by atoms with Gasteiger partial charge in [0.25, 0.3) is 0 Å². The van der Waals surface area contributed by atoms with Crippen LogP contribution in [0.25, 0.3) is 0 Å². The van der Waals surface area contributed by atoms with Gasteiger partial charge in [-0.3, -0.25) is 4.79 Å². The third-order valence-electron chi connectivity index (χ3n) is 4.09. The van der Waals surface area contributed by atoms with Crippen LogP contribution < -0.4 is 5.32 Å². The van der Waals surface area contributed by atoms with Crippen LogP contribution in [-0.2, 0) is 11.2 Å². The number of amides is 1. The minimum Gasteiger partial charge on any atom is -0.335 e. The molecule has 1 heterocycles. The van der Waals surface area contributed by atoms with Crippen LogP contribution >= 0.6 is 11.3 Å². The maximum absolute atomic E-state index is 11.5. The summed E-state index contributed by atoms with van der Waals surface area (Å²) in [6.45, 7) is 8.61. The van der Waals surface area contributed by atoms with Crippen LogP contribution in [0, 0.1) is 0 Å². The summed E-state index contributed by atoms with van der Waals surface area (Å²) < 4.78 is 0. The maximum atomic E-state index is 11.5. The van der Waals surface area contributed by atoms with Gasteiger partial charge in [0.1, 0.15) is 0 Å². The molecule has 4 heteroatoms. The van der Waals surface area contributed by atoms with Crippen LogP contribution in [0.3, 0.4) is 0 Å². The fourth-order valence-corrected chi connectivity index (χ4v) is 3.55. The van der Waals surface area contributed by atoms with Gasteiger partial charge in [-0.25, -0.2) is 0 Å². The van der Waals surface area contributed by atoms with Crippen molar-refractivity contribution in [1.82, 2.24) is 10.2 Å². The number of thiophene rings is 1. The first kappa shape index (κ1) is 17.2. The van der Waals surface area contributed by atoms with Crippen LogP contribution in [-0.4, -0.2) is 30.4 Å². The van der Waals surface area contributed by atoms with Crippen LogP contribution in [0.2, 0.25) is 0 Å². The Morgan fingerprint density at radius 2 is 2.05 bits per heavy atom. The molecule has 0 saturated heterocycles. The summed E-state index contributed by atoms with van der Waals surface area (Å²) in [4.78, 5) is 14.9. The van der Waals surface area contributed by atoms with Gasteiger partial charge in [0.15, 0.2) is 0 Å². The van der Waals surface area contributed by atoms with Gasteiger partial charge in [0.2, 0.25) is 6.41 Å². The molecule has 0 saturated carbocycles. The summed E-state index contributed by atoms with van der Waals surface area (Å²) in [5.74, 6) is 0. The standard InChI is InChI=1S/C16H28N2OS/c1-6-13(4)18(11-19)15(7-2)14-8-9-20-16(14)10-12(3)17-5/h8-9,11-13,15,17H,6-7,10H2,1-5H3/t12-,13?,15?/m1/s1. The van der Waals surface area contributed by atoms with E-state index in [9.17, 15) is 4.79 Å². The number of likely N-dealkylation sites (N-methyl/N-ethyl adjacent to an activating group) is 1. The molecule has 1 N–H and O–H groups in total. The van der Waals surface area contributed by atoms with E-state index in [2.05, 4.69) is 44.5 Å². The Balaban J connectivity index is 3.00. The van der Waals surface area contributed by atoms with E-state index in [0.29, 0.717) is 6.04 Å². The third kappa shape index (κ3) is 4.06. The molecular formula is C16H28N2OS. The fourth-order valence-electron chi connectivity index (χ4n) is 2.48. The van der Waals surface area contributed by atoms with Gasteiger partial charge in [0, 0.05) is 17.0 Å². The van der Waals surface area contributed by atoms with Crippen molar-refractivity contribution in [2.45, 2.75) is 65.1 Å². The Morgan fingerprint density at radius 3 is 2.55 bits per heavy atom. The molecule has 1 aromatic rings. The van der Waals surface area contributed by atoms with Crippen molar-refractivity contribution in [2.75, 3.05) is 7.05 Å². The number of hydrogen-bond donors (Lipinski definition) is 1. The van der Waals surface area contributed by atoms with Crippen molar-refractivity contribution >= 4 is 17.7 Å². The molecule has 114 valence electrons. The van der Waals surface area contributed by atoms with Crippen LogP contribution in [0.1, 0.15) is 57.0 Å². The number of carbonyl (C=O) groups excluding carboxylic acids is 1. The highest BCUT2D eigenvalue weighted by atomic mass is 32.1. The molecule has 0 spiro atoms. The zero-order valence-corrected chi connectivity index (χ0v) is 14.2. The van der Waals surface area contributed by atoms with Crippen LogP contribution in [0.5, 0.6) is 0 Å². The Morgan fingerprint density at radius 1 is 1.35 bits per heavy atom. The van der Waals surface area contributed by atoms with E-state index in [1.54, 1.807) is 11.3 Å². The summed E-state index contributed by atoms with van der Waals surface area (Å²) in [6, 6.07) is 3.13. The minimum absolute atomic E-state index is 0.202. The Labute approximate surface area is 127 Å². The van der Waals surface area contributed by atoms with E-state index in [-0.39, 0.29) is 12.1 Å². The highest BCUT2D eigenvalue weighted by molar-refractivity contribution is 7.10. The summed E-state index contributed by atoms with van der Waals surface area (Å²) in [5.41, 5.74) is 1.33. The Hall–Kier alpha value is -0.870. The summed E-state index contributed by atoms with van der Waals surface area (Å²) in [5, 5.41) is 5.44. The highest BCUT2D eigenvalue weighted by Crippen LogP contribution is 2.32. The van der Waals surface area contributed by atoms with Crippen molar-refractivity contribution in [2.24, 2.45) is 0 Å². The number of rotatable bonds is 9. The summed E-state index contributed by atoms with van der Waals surface area (Å²) in [7, 11) is 1.99. The van der Waals surface area contributed by atoms with Gasteiger partial charge in [-0.1, -0.05) is 13.8 Å². The normalized spacial score (nSPS) is 15.7. The fraction of sp³-hybridized carbons (Fsp3) is 0.688. The van der Waals surface area contributed by atoms with E-state index in [4.69, 9.17) is 0 Å². The molecule has 0 aliphatic rings. The second kappa shape index (κ2) is 8.42. The quantitative estimate of drug-likeness (QED) is 0.706. The molecule has 0 aliphatic heterocycles. The van der Waals surface area contributed by atoms with Crippen molar-refractivity contribution in [1.29, 1.82) is 0 Å². The predicted molar refractivity (Wildman–Crippen MR) is 87.2 cm³/mol. The van der Waals surface area contributed by atoms with Gasteiger partial charge >= 0.3 is 0 Å². The minimum atomic E-state index is 0.202. The summed E-state index contributed by atoms with van der Waals surface area (Å²) in [6.07, 6.45) is 3.99. The molecule has 0 aromatic carbocycles. The molecule has 3 nitrogen and oxygen atoms in total. The first-order chi connectivity index (χ1) is 9.58. The van der Waals surface area contributed by atoms with E-state index in [0.717, 1.165) is 25.7 Å². The number of nitrogens with one attached hydrogen (secondary N) is 1. The van der Waals surface area contributed by atoms with E-state index in [1.165, 1.54) is 10.4 Å². The van der Waals surface area contributed by atoms with Gasteiger partial charge in [-0.05, 0) is 57.2 Å².